The summed E-state index contributed by atoms with van der Waals surface area (Å²) < 4.78 is 15.4. The summed E-state index contributed by atoms with van der Waals surface area (Å²) in [4.78, 5) is 17.6. The molecule has 0 atom stereocenters. The van der Waals surface area contributed by atoms with Crippen molar-refractivity contribution in [3.05, 3.63) is 70.3 Å². The molecule has 0 aliphatic heterocycles. The van der Waals surface area contributed by atoms with Gasteiger partial charge in [-0.15, -0.1) is 0 Å². The van der Waals surface area contributed by atoms with Crippen molar-refractivity contribution in [3.8, 4) is 0 Å². The number of rotatable bonds is 5. The first-order chi connectivity index (χ1) is 15.4. The summed E-state index contributed by atoms with van der Waals surface area (Å²) in [5.41, 5.74) is 16.5. The molecule has 0 fully saturated rings. The summed E-state index contributed by atoms with van der Waals surface area (Å²) in [6.07, 6.45) is 4.53. The van der Waals surface area contributed by atoms with E-state index in [0.29, 0.717) is 0 Å². The van der Waals surface area contributed by atoms with Gasteiger partial charge in [0, 0.05) is 0 Å². The summed E-state index contributed by atoms with van der Waals surface area (Å²) in [6.45, 7) is 11.4. The van der Waals surface area contributed by atoms with E-state index < -0.39 is 7.82 Å². The van der Waals surface area contributed by atoms with Gasteiger partial charge in [0.1, 0.15) is 0 Å². The molecule has 0 spiro atoms. The zero-order chi connectivity index (χ0) is 25.4. The van der Waals surface area contributed by atoms with Crippen LogP contribution in [0.3, 0.4) is 0 Å². The van der Waals surface area contributed by atoms with E-state index in [2.05, 4.69) is 74.9 Å². The summed E-state index contributed by atoms with van der Waals surface area (Å²) in [6, 6.07) is 14.4. The summed E-state index contributed by atoms with van der Waals surface area (Å²) in [7, 11) is -1.45. The van der Waals surface area contributed by atoms with Gasteiger partial charge in [0.15, 0.2) is 0 Å². The predicted molar refractivity (Wildman–Crippen MR) is 139 cm³/mol. The molecule has 0 radical (unpaired) electrons. The van der Waals surface area contributed by atoms with Gasteiger partial charge in [-0.1, -0.05) is 76.2 Å². The van der Waals surface area contributed by atoms with Gasteiger partial charge in [0.2, 0.25) is 0 Å². The van der Waals surface area contributed by atoms with E-state index in [9.17, 15) is 4.57 Å². The van der Waals surface area contributed by atoms with Crippen molar-refractivity contribution >= 4 is 19.5 Å². The minimum Gasteiger partial charge on any atom is -0.333 e. The first kappa shape index (κ1) is 29.2. The highest BCUT2D eigenvalue weighted by atomic mass is 31.2. The van der Waals surface area contributed by atoms with Crippen molar-refractivity contribution in [1.29, 1.82) is 0 Å². The Balaban J connectivity index is 0.00000129. The van der Waals surface area contributed by atoms with E-state index in [1.54, 1.807) is 0 Å². The first-order valence-corrected chi connectivity index (χ1v) is 12.7. The molecule has 6 nitrogen and oxygen atoms in total. The van der Waals surface area contributed by atoms with E-state index in [0.717, 1.165) is 11.1 Å². The standard InChI is InChI=1S/C24H31O4P.2CH5N/c1-17(14-18-6-8-19(9-7-18)16-28-29(25,26)27)20-10-11-21-22(15-20)24(4,5)13-12-23(21,2)3;2*1-2/h6-11,14-15H,12-13,16H2,1-5H3,(H2,25,26,27);2*2H2,1H3. The van der Waals surface area contributed by atoms with Crippen LogP contribution in [0.15, 0.2) is 42.5 Å². The molecule has 0 saturated carbocycles. The lowest BCUT2D eigenvalue weighted by Gasteiger charge is -2.42. The number of benzene rings is 2. The second-order valence-corrected chi connectivity index (χ2v) is 10.6. The van der Waals surface area contributed by atoms with Crippen LogP contribution in [0.2, 0.25) is 0 Å². The van der Waals surface area contributed by atoms with E-state index in [-0.39, 0.29) is 17.4 Å². The van der Waals surface area contributed by atoms with Crippen LogP contribution in [-0.4, -0.2) is 23.9 Å². The molecule has 3 rings (SSSR count). The maximum Gasteiger partial charge on any atom is 0.469 e. The summed E-state index contributed by atoms with van der Waals surface area (Å²) >= 11 is 0. The Morgan fingerprint density at radius 1 is 0.939 bits per heavy atom. The first-order valence-electron chi connectivity index (χ1n) is 11.2. The third-order valence-electron chi connectivity index (χ3n) is 6.07. The highest BCUT2D eigenvalue weighted by Crippen LogP contribution is 2.46. The number of allylic oxidation sites excluding steroid dienone is 1. The largest absolute Gasteiger partial charge is 0.469 e. The lowest BCUT2D eigenvalue weighted by atomic mass is 9.63. The van der Waals surface area contributed by atoms with Gasteiger partial charge in [-0.05, 0) is 78.1 Å². The van der Waals surface area contributed by atoms with Gasteiger partial charge in [-0.25, -0.2) is 4.57 Å². The molecule has 2 aromatic rings. The average molecular weight is 477 g/mol. The molecule has 1 aliphatic rings. The monoisotopic (exact) mass is 476 g/mol. The van der Waals surface area contributed by atoms with Crippen molar-refractivity contribution in [3.63, 3.8) is 0 Å². The van der Waals surface area contributed by atoms with Gasteiger partial charge < -0.3 is 21.3 Å². The highest BCUT2D eigenvalue weighted by Gasteiger charge is 2.36. The molecule has 6 N–H and O–H groups in total. The Morgan fingerprint density at radius 3 is 1.97 bits per heavy atom. The summed E-state index contributed by atoms with van der Waals surface area (Å²) in [5.74, 6) is 0. The maximum atomic E-state index is 10.8. The Labute approximate surface area is 199 Å². The summed E-state index contributed by atoms with van der Waals surface area (Å²) in [5, 5.41) is 0. The molecule has 0 bridgehead atoms. The zero-order valence-corrected chi connectivity index (χ0v) is 21.9. The van der Waals surface area contributed by atoms with Gasteiger partial charge in [-0.3, -0.25) is 4.52 Å². The second-order valence-electron chi connectivity index (χ2n) is 9.36. The number of nitrogens with two attached hydrogens (primary N) is 2. The Morgan fingerprint density at radius 2 is 1.45 bits per heavy atom. The quantitative estimate of drug-likeness (QED) is 0.341. The third-order valence-corrected chi connectivity index (χ3v) is 6.54. The molecular weight excluding hydrogens is 435 g/mol. The molecule has 7 heteroatoms. The fraction of sp³-hybridized carbons (Fsp3) is 0.462. The van der Waals surface area contributed by atoms with Gasteiger partial charge in [0.25, 0.3) is 0 Å². The van der Waals surface area contributed by atoms with Crippen LogP contribution in [0.5, 0.6) is 0 Å². The average Bonchev–Trinajstić information content (AvgIpc) is 2.78. The number of hydrogen-bond acceptors (Lipinski definition) is 4. The Hall–Kier alpha value is -1.79. The van der Waals surface area contributed by atoms with Crippen molar-refractivity contribution in [1.82, 2.24) is 0 Å². The Bertz CT molecular complexity index is 976. The fourth-order valence-electron chi connectivity index (χ4n) is 4.04. The number of hydrogen-bond donors (Lipinski definition) is 4. The van der Waals surface area contributed by atoms with Crippen LogP contribution in [0, 0.1) is 0 Å². The minimum absolute atomic E-state index is 0.108. The van der Waals surface area contributed by atoms with E-state index in [4.69, 9.17) is 9.79 Å². The second kappa shape index (κ2) is 12.1. The molecule has 0 aromatic heterocycles. The molecule has 1 aliphatic carbocycles. The van der Waals surface area contributed by atoms with Crippen LogP contribution < -0.4 is 11.5 Å². The molecule has 0 heterocycles. The van der Waals surface area contributed by atoms with Crippen molar-refractivity contribution in [2.24, 2.45) is 11.5 Å². The lowest BCUT2D eigenvalue weighted by Crippen LogP contribution is -2.33. The van der Waals surface area contributed by atoms with Crippen molar-refractivity contribution < 1.29 is 18.9 Å². The maximum absolute atomic E-state index is 10.8. The van der Waals surface area contributed by atoms with Crippen LogP contribution >= 0.6 is 7.82 Å². The van der Waals surface area contributed by atoms with Crippen LogP contribution in [0.1, 0.15) is 75.3 Å². The van der Waals surface area contributed by atoms with Crippen LogP contribution in [0.4, 0.5) is 0 Å². The highest BCUT2D eigenvalue weighted by molar-refractivity contribution is 7.46. The van der Waals surface area contributed by atoms with Crippen molar-refractivity contribution in [2.45, 2.75) is 64.9 Å². The van der Waals surface area contributed by atoms with E-state index in [1.807, 2.05) is 24.3 Å². The van der Waals surface area contributed by atoms with Crippen molar-refractivity contribution in [2.75, 3.05) is 14.1 Å². The van der Waals surface area contributed by atoms with Gasteiger partial charge in [-0.2, -0.15) is 0 Å². The molecular formula is C26H41N2O4P. The topological polar surface area (TPSA) is 119 Å². The van der Waals surface area contributed by atoms with Gasteiger partial charge >= 0.3 is 7.82 Å². The number of phosphoric acid groups is 1. The zero-order valence-electron chi connectivity index (χ0n) is 21.1. The molecule has 0 amide bonds. The molecule has 184 valence electrons. The number of phosphoric ester groups is 1. The predicted octanol–water partition coefficient (Wildman–Crippen LogP) is 5.36. The molecule has 0 unspecified atom stereocenters. The van der Waals surface area contributed by atoms with E-state index >= 15 is 0 Å². The van der Waals surface area contributed by atoms with Crippen LogP contribution in [-0.2, 0) is 26.5 Å². The SMILES string of the molecule is CC(=Cc1ccc(COP(=O)(O)O)cc1)c1ccc2c(c1)C(C)(C)CCC2(C)C.CN.CN. The molecule has 33 heavy (non-hydrogen) atoms. The Kier molecular flexibility index (Phi) is 10.7. The van der Waals surface area contributed by atoms with Gasteiger partial charge in [0.05, 0.1) is 6.61 Å². The minimum atomic E-state index is -4.45. The molecule has 2 aromatic carbocycles. The fourth-order valence-corrected chi connectivity index (χ4v) is 4.35. The normalized spacial score (nSPS) is 16.5. The number of fused-ring (bicyclic) bond motifs is 1. The molecule has 0 saturated heterocycles. The van der Waals surface area contributed by atoms with E-state index in [1.165, 1.54) is 49.2 Å². The van der Waals surface area contributed by atoms with Crippen LogP contribution in [0.25, 0.3) is 11.6 Å². The smallest absolute Gasteiger partial charge is 0.333 e. The lowest BCUT2D eigenvalue weighted by molar-refractivity contribution is 0.189. The third kappa shape index (κ3) is 8.18.